The van der Waals surface area contributed by atoms with Crippen LogP contribution in [0.25, 0.3) is 6.08 Å². The molecule has 1 N–H and O–H groups in total. The molecule has 2 aromatic rings. The molecule has 0 bridgehead atoms. The summed E-state index contributed by atoms with van der Waals surface area (Å²) in [5.74, 6) is -0.316. The molecule has 1 amide bonds. The second-order valence-corrected chi connectivity index (χ2v) is 5.36. The number of nitro benzene ring substituents is 1. The zero-order chi connectivity index (χ0) is 19.1. The molecule has 0 spiro atoms. The molecule has 2 rings (SSSR count). The van der Waals surface area contributed by atoms with Crippen LogP contribution in [0.5, 0.6) is 5.75 Å². The van der Waals surface area contributed by atoms with Crippen LogP contribution in [0.15, 0.2) is 54.6 Å². The van der Waals surface area contributed by atoms with Gasteiger partial charge in [0.2, 0.25) is 5.91 Å². The van der Waals surface area contributed by atoms with Crippen molar-refractivity contribution in [3.63, 3.8) is 0 Å². The second-order valence-electron chi connectivity index (χ2n) is 5.36. The summed E-state index contributed by atoms with van der Waals surface area (Å²) in [4.78, 5) is 22.0. The Morgan fingerprint density at radius 1 is 1.15 bits per heavy atom. The Morgan fingerprint density at radius 2 is 1.77 bits per heavy atom. The van der Waals surface area contributed by atoms with E-state index in [0.29, 0.717) is 5.56 Å². The van der Waals surface area contributed by atoms with Crippen LogP contribution in [-0.4, -0.2) is 17.4 Å². The molecular weight excluding hydrogens is 346 g/mol. The van der Waals surface area contributed by atoms with E-state index in [0.717, 1.165) is 5.56 Å². The Bertz CT molecular complexity index is 790. The fraction of sp³-hybridized carbons (Fsp3) is 0.167. The number of amides is 1. The van der Waals surface area contributed by atoms with Crippen LogP contribution in [0.3, 0.4) is 0 Å². The first kappa shape index (κ1) is 19.0. The Balaban J connectivity index is 1.92. The number of carbonyl (C=O) groups is 1. The SMILES string of the molecule is CC(NC(=O)/C=C/c1ccc([N+](=O)[O-])cc1)c1ccc(OC(F)F)cc1. The fourth-order valence-electron chi connectivity index (χ4n) is 2.16. The van der Waals surface area contributed by atoms with E-state index in [1.807, 2.05) is 0 Å². The van der Waals surface area contributed by atoms with Crippen molar-refractivity contribution < 1.29 is 23.2 Å². The highest BCUT2D eigenvalue weighted by Gasteiger charge is 2.09. The summed E-state index contributed by atoms with van der Waals surface area (Å²) in [5.41, 5.74) is 1.34. The van der Waals surface area contributed by atoms with Crippen molar-refractivity contribution in [2.75, 3.05) is 0 Å². The van der Waals surface area contributed by atoms with Crippen LogP contribution in [0.2, 0.25) is 0 Å². The number of benzene rings is 2. The van der Waals surface area contributed by atoms with Gasteiger partial charge >= 0.3 is 6.61 Å². The van der Waals surface area contributed by atoms with E-state index >= 15 is 0 Å². The van der Waals surface area contributed by atoms with Gasteiger partial charge in [0, 0.05) is 18.2 Å². The van der Waals surface area contributed by atoms with Gasteiger partial charge in [0.1, 0.15) is 5.75 Å². The van der Waals surface area contributed by atoms with Crippen LogP contribution in [0, 0.1) is 10.1 Å². The molecule has 0 heterocycles. The first-order valence-electron chi connectivity index (χ1n) is 7.63. The molecule has 26 heavy (non-hydrogen) atoms. The van der Waals surface area contributed by atoms with Crippen LogP contribution >= 0.6 is 0 Å². The third-order valence-corrected chi connectivity index (χ3v) is 3.50. The van der Waals surface area contributed by atoms with Gasteiger partial charge in [-0.15, -0.1) is 0 Å². The number of nitrogens with zero attached hydrogens (tertiary/aromatic N) is 1. The number of rotatable bonds is 7. The molecule has 0 fully saturated rings. The van der Waals surface area contributed by atoms with Crippen molar-refractivity contribution in [1.29, 1.82) is 0 Å². The highest BCUT2D eigenvalue weighted by atomic mass is 19.3. The Morgan fingerprint density at radius 3 is 2.31 bits per heavy atom. The lowest BCUT2D eigenvalue weighted by atomic mass is 10.1. The van der Waals surface area contributed by atoms with Gasteiger partial charge in [0.05, 0.1) is 11.0 Å². The van der Waals surface area contributed by atoms with E-state index < -0.39 is 11.5 Å². The summed E-state index contributed by atoms with van der Waals surface area (Å²) in [5, 5.41) is 13.3. The quantitative estimate of drug-likeness (QED) is 0.457. The molecule has 8 heteroatoms. The maximum Gasteiger partial charge on any atom is 0.387 e. The molecule has 2 aromatic carbocycles. The normalized spacial score (nSPS) is 12.2. The monoisotopic (exact) mass is 362 g/mol. The molecule has 0 aliphatic rings. The maximum absolute atomic E-state index is 12.1. The number of nitrogens with one attached hydrogen (secondary N) is 1. The molecular formula is C18H16F2N2O4. The second kappa shape index (κ2) is 8.70. The number of ether oxygens (including phenoxy) is 1. The highest BCUT2D eigenvalue weighted by molar-refractivity contribution is 5.92. The number of alkyl halides is 2. The number of non-ortho nitro benzene ring substituents is 1. The summed E-state index contributed by atoms with van der Waals surface area (Å²) < 4.78 is 28.5. The molecule has 0 aromatic heterocycles. The van der Waals surface area contributed by atoms with Crippen molar-refractivity contribution in [3.8, 4) is 5.75 Å². The van der Waals surface area contributed by atoms with Gasteiger partial charge in [0.15, 0.2) is 0 Å². The lowest BCUT2D eigenvalue weighted by Gasteiger charge is -2.13. The summed E-state index contributed by atoms with van der Waals surface area (Å²) >= 11 is 0. The zero-order valence-corrected chi connectivity index (χ0v) is 13.8. The minimum atomic E-state index is -2.89. The molecule has 6 nitrogen and oxygen atoms in total. The van der Waals surface area contributed by atoms with E-state index in [1.54, 1.807) is 19.1 Å². The topological polar surface area (TPSA) is 81.5 Å². The Hall–Kier alpha value is -3.29. The summed E-state index contributed by atoms with van der Waals surface area (Å²) in [6, 6.07) is 11.4. The average Bonchev–Trinajstić information content (AvgIpc) is 2.60. The molecule has 1 unspecified atom stereocenters. The largest absolute Gasteiger partial charge is 0.435 e. The first-order valence-corrected chi connectivity index (χ1v) is 7.63. The summed E-state index contributed by atoms with van der Waals surface area (Å²) in [6.07, 6.45) is 2.84. The number of hydrogen-bond acceptors (Lipinski definition) is 4. The minimum Gasteiger partial charge on any atom is -0.435 e. The summed E-state index contributed by atoms with van der Waals surface area (Å²) in [7, 11) is 0. The van der Waals surface area contributed by atoms with E-state index in [9.17, 15) is 23.7 Å². The van der Waals surface area contributed by atoms with E-state index in [1.165, 1.54) is 48.6 Å². The van der Waals surface area contributed by atoms with E-state index in [4.69, 9.17) is 0 Å². The fourth-order valence-corrected chi connectivity index (χ4v) is 2.16. The van der Waals surface area contributed by atoms with Crippen LogP contribution in [0.4, 0.5) is 14.5 Å². The van der Waals surface area contributed by atoms with E-state index in [2.05, 4.69) is 10.1 Å². The Kier molecular flexibility index (Phi) is 6.37. The smallest absolute Gasteiger partial charge is 0.387 e. The standard InChI is InChI=1S/C18H16F2N2O4/c1-12(14-5-9-16(10-6-14)26-18(19)20)21-17(23)11-4-13-2-7-15(8-3-13)22(24)25/h2-12,18H,1H3,(H,21,23)/b11-4+. The van der Waals surface area contributed by atoms with Gasteiger partial charge in [-0.25, -0.2) is 0 Å². The summed E-state index contributed by atoms with van der Waals surface area (Å²) in [6.45, 7) is -1.14. The van der Waals surface area contributed by atoms with Gasteiger partial charge in [-0.2, -0.15) is 8.78 Å². The highest BCUT2D eigenvalue weighted by Crippen LogP contribution is 2.19. The predicted molar refractivity (Wildman–Crippen MR) is 91.8 cm³/mol. The number of nitro groups is 1. The van der Waals surface area contributed by atoms with Gasteiger partial charge < -0.3 is 10.1 Å². The third-order valence-electron chi connectivity index (χ3n) is 3.50. The van der Waals surface area contributed by atoms with Crippen LogP contribution in [-0.2, 0) is 4.79 Å². The predicted octanol–water partition coefficient (Wildman–Crippen LogP) is 4.09. The molecule has 0 aliphatic carbocycles. The number of hydrogen-bond donors (Lipinski definition) is 1. The van der Waals surface area contributed by atoms with Crippen LogP contribution < -0.4 is 10.1 Å². The molecule has 0 saturated carbocycles. The Labute approximate surface area is 148 Å². The average molecular weight is 362 g/mol. The van der Waals surface area contributed by atoms with Gasteiger partial charge in [-0.3, -0.25) is 14.9 Å². The third kappa shape index (κ3) is 5.66. The minimum absolute atomic E-state index is 0.0282. The first-order chi connectivity index (χ1) is 12.3. The molecule has 0 aliphatic heterocycles. The van der Waals surface area contributed by atoms with Crippen molar-refractivity contribution in [2.45, 2.75) is 19.6 Å². The number of halogens is 2. The van der Waals surface area contributed by atoms with Crippen molar-refractivity contribution in [1.82, 2.24) is 5.32 Å². The van der Waals surface area contributed by atoms with Crippen LogP contribution in [0.1, 0.15) is 24.1 Å². The van der Waals surface area contributed by atoms with Gasteiger partial charge in [-0.1, -0.05) is 12.1 Å². The lowest BCUT2D eigenvalue weighted by Crippen LogP contribution is -2.24. The lowest BCUT2D eigenvalue weighted by molar-refractivity contribution is -0.384. The molecule has 1 atom stereocenters. The molecule has 0 radical (unpaired) electrons. The van der Waals surface area contributed by atoms with Crippen molar-refractivity contribution in [2.24, 2.45) is 0 Å². The van der Waals surface area contributed by atoms with Gasteiger partial charge in [-0.05, 0) is 48.4 Å². The maximum atomic E-state index is 12.1. The number of carbonyl (C=O) groups excluding carboxylic acids is 1. The zero-order valence-electron chi connectivity index (χ0n) is 13.8. The van der Waals surface area contributed by atoms with Crippen molar-refractivity contribution >= 4 is 17.7 Å². The molecule has 136 valence electrons. The van der Waals surface area contributed by atoms with E-state index in [-0.39, 0.29) is 23.4 Å². The van der Waals surface area contributed by atoms with Crippen molar-refractivity contribution in [3.05, 3.63) is 75.8 Å². The molecule has 0 saturated heterocycles. The van der Waals surface area contributed by atoms with Gasteiger partial charge in [0.25, 0.3) is 5.69 Å².